The van der Waals surface area contributed by atoms with Gasteiger partial charge in [-0.1, -0.05) is 30.3 Å². The summed E-state index contributed by atoms with van der Waals surface area (Å²) in [6.45, 7) is 10.3. The number of aliphatic hydroxyl groups is 1. The van der Waals surface area contributed by atoms with E-state index in [1.165, 1.54) is 25.7 Å². The monoisotopic (exact) mass is 1050 g/mol. The Balaban J connectivity index is 0.000000184. The summed E-state index contributed by atoms with van der Waals surface area (Å²) in [5, 5.41) is 32.7. The molecule has 388 valence electrons. The molecule has 75 heavy (non-hydrogen) atoms. The summed E-state index contributed by atoms with van der Waals surface area (Å²) in [5.41, 5.74) is 16.3. The number of aryl methyl sites for hydroxylation is 2. The molecule has 0 aliphatic carbocycles. The van der Waals surface area contributed by atoms with Crippen molar-refractivity contribution in [1.82, 2.24) is 49.6 Å². The Bertz CT molecular complexity index is 3560. The Hall–Kier alpha value is -7.37. The number of sulfonamides is 2. The predicted molar refractivity (Wildman–Crippen MR) is 291 cm³/mol. The lowest BCUT2D eigenvalue weighted by molar-refractivity contribution is 0.1000. The maximum Gasteiger partial charge on any atom is 0.248 e. The van der Waals surface area contributed by atoms with Crippen LogP contribution in [0.5, 0.6) is 0 Å². The Morgan fingerprint density at radius 3 is 1.44 bits per heavy atom. The summed E-state index contributed by atoms with van der Waals surface area (Å²) in [5.74, 6) is 0.128. The van der Waals surface area contributed by atoms with Gasteiger partial charge in [0.1, 0.15) is 11.0 Å². The third-order valence-corrected chi connectivity index (χ3v) is 16.1. The number of likely N-dealkylation sites (tertiary alicyclic amines) is 2. The van der Waals surface area contributed by atoms with Crippen LogP contribution >= 0.6 is 0 Å². The molecular formula is C54H59N13O6S2. The van der Waals surface area contributed by atoms with Crippen molar-refractivity contribution in [2.75, 3.05) is 63.0 Å². The van der Waals surface area contributed by atoms with Gasteiger partial charge in [-0.3, -0.25) is 4.79 Å². The zero-order valence-electron chi connectivity index (χ0n) is 41.7. The second kappa shape index (κ2) is 23.4. The summed E-state index contributed by atoms with van der Waals surface area (Å²) in [6, 6.07) is 35.5. The maximum atomic E-state index is 12.6. The zero-order chi connectivity index (χ0) is 52.5. The molecule has 10 rings (SSSR count). The number of hydrogen-bond acceptors (Lipinski definition) is 16. The number of fused-ring (bicyclic) bond motifs is 2. The molecule has 0 radical (unpaired) electrons. The maximum absolute atomic E-state index is 12.6. The summed E-state index contributed by atoms with van der Waals surface area (Å²) in [6.07, 6.45) is 4.70. The fraction of sp³-hybridized carbons (Fsp3) is 0.278. The van der Waals surface area contributed by atoms with Crippen molar-refractivity contribution in [3.05, 3.63) is 144 Å². The van der Waals surface area contributed by atoms with Crippen molar-refractivity contribution in [3.63, 3.8) is 0 Å². The molecule has 21 heteroatoms. The van der Waals surface area contributed by atoms with Crippen molar-refractivity contribution in [3.8, 4) is 22.3 Å². The summed E-state index contributed by atoms with van der Waals surface area (Å²) >= 11 is 0. The molecule has 4 heterocycles. The third kappa shape index (κ3) is 13.3. The first kappa shape index (κ1) is 52.5. The van der Waals surface area contributed by atoms with E-state index in [1.54, 1.807) is 66.7 Å². The smallest absolute Gasteiger partial charge is 0.248 e. The van der Waals surface area contributed by atoms with Crippen molar-refractivity contribution in [1.29, 1.82) is 0 Å². The van der Waals surface area contributed by atoms with E-state index in [4.69, 9.17) is 5.73 Å². The molecule has 0 saturated carbocycles. The molecule has 2 aliphatic heterocycles. The van der Waals surface area contributed by atoms with E-state index in [-0.39, 0.29) is 16.4 Å². The Morgan fingerprint density at radius 1 is 0.560 bits per heavy atom. The highest BCUT2D eigenvalue weighted by Gasteiger charge is 2.19. The van der Waals surface area contributed by atoms with Crippen LogP contribution in [0.3, 0.4) is 0 Å². The van der Waals surface area contributed by atoms with E-state index in [1.807, 2.05) is 68.4 Å². The number of benzene rings is 6. The number of nitrogens with zero attached hydrogens (tertiary/aromatic N) is 8. The largest absolute Gasteiger partial charge is 0.392 e. The minimum atomic E-state index is -3.58. The number of nitrogens with one attached hydrogen (secondary N) is 4. The van der Waals surface area contributed by atoms with Gasteiger partial charge >= 0.3 is 0 Å². The van der Waals surface area contributed by atoms with Crippen LogP contribution in [0, 0.1) is 13.8 Å². The molecule has 7 N–H and O–H groups in total. The quantitative estimate of drug-likeness (QED) is 0.0515. The highest BCUT2D eigenvalue weighted by molar-refractivity contribution is 7.89. The normalized spacial score (nSPS) is 14.2. The van der Waals surface area contributed by atoms with Gasteiger partial charge in [0.15, 0.2) is 0 Å². The highest BCUT2D eigenvalue weighted by atomic mass is 32.2. The summed E-state index contributed by atoms with van der Waals surface area (Å²) in [4.78, 5) is 25.7. The molecule has 2 aliphatic rings. The standard InChI is InChI=1S/C27H29N7O3S.C27H30N6O3S/c1-18-15-24-25(17-23(18)19-5-4-6-20(16-19)26(28)35)32-33-27(31-24)30-21-7-9-22(10-8-21)38(36,37)29-11-14-34-12-2-3-13-34;1-19-15-25-26(17-24(19)21-6-4-5-20(16-21)18-34)31-32-27(30-25)29-22-7-9-23(10-8-22)37(35,36)28-11-14-33-12-2-3-13-33/h4-10,15-17,29H,2-3,11-14H2,1H3,(H2,28,35)(H,30,31,33);4-10,15-17,28,34H,2-3,11-14,18H2,1H3,(H,29,30,32). The lowest BCUT2D eigenvalue weighted by atomic mass is 9.98. The number of amides is 1. The van der Waals surface area contributed by atoms with E-state index in [9.17, 15) is 26.7 Å². The van der Waals surface area contributed by atoms with Crippen LogP contribution in [0.1, 0.15) is 52.7 Å². The molecule has 1 amide bonds. The van der Waals surface area contributed by atoms with Gasteiger partial charge in [-0.05, 0) is 196 Å². The van der Waals surface area contributed by atoms with Gasteiger partial charge in [0.05, 0.1) is 27.4 Å². The molecule has 0 atom stereocenters. The second-order valence-corrected chi connectivity index (χ2v) is 22.1. The average Bonchev–Trinajstić information content (AvgIpc) is 4.14. The predicted octanol–water partition coefficient (Wildman–Crippen LogP) is 6.83. The first-order valence-electron chi connectivity index (χ1n) is 24.8. The van der Waals surface area contributed by atoms with Crippen LogP contribution in [0.2, 0.25) is 0 Å². The SMILES string of the molecule is Cc1cc2nc(Nc3ccc(S(=O)(=O)NCCN4CCCC4)cc3)nnc2cc1-c1cccc(C(N)=O)c1.Cc1cc2nc(Nc3ccc(S(=O)(=O)NCCN4CCCC4)cc3)nnc2cc1-c1cccc(CO)c1. The van der Waals surface area contributed by atoms with E-state index >= 15 is 0 Å². The number of nitrogens with two attached hydrogens (primary N) is 1. The first-order valence-corrected chi connectivity index (χ1v) is 27.8. The van der Waals surface area contributed by atoms with Crippen LogP contribution in [0.4, 0.5) is 23.3 Å². The van der Waals surface area contributed by atoms with Crippen molar-refractivity contribution in [2.45, 2.75) is 55.9 Å². The van der Waals surface area contributed by atoms with Crippen LogP contribution in [-0.4, -0.2) is 120 Å². The van der Waals surface area contributed by atoms with E-state index in [2.05, 4.69) is 60.2 Å². The molecule has 2 aromatic heterocycles. The first-order chi connectivity index (χ1) is 36.2. The molecule has 0 spiro atoms. The van der Waals surface area contributed by atoms with E-state index in [0.717, 1.165) is 71.7 Å². The van der Waals surface area contributed by atoms with Gasteiger partial charge in [-0.2, -0.15) is 0 Å². The van der Waals surface area contributed by atoms with Crippen molar-refractivity contribution < 1.29 is 26.7 Å². The Labute approximate surface area is 436 Å². The van der Waals surface area contributed by atoms with Crippen LogP contribution in [0.25, 0.3) is 44.3 Å². The molecule has 2 fully saturated rings. The Kier molecular flexibility index (Phi) is 16.4. The van der Waals surface area contributed by atoms with Crippen LogP contribution < -0.4 is 25.8 Å². The molecule has 2 saturated heterocycles. The number of primary amides is 1. The molecule has 0 bridgehead atoms. The lowest BCUT2D eigenvalue weighted by Gasteiger charge is -2.15. The summed E-state index contributed by atoms with van der Waals surface area (Å²) in [7, 11) is -7.15. The minimum absolute atomic E-state index is 0.0149. The molecule has 6 aromatic carbocycles. The fourth-order valence-corrected chi connectivity index (χ4v) is 11.2. The topological polar surface area (TPSA) is 264 Å². The van der Waals surface area contributed by atoms with E-state index in [0.29, 0.717) is 70.5 Å². The van der Waals surface area contributed by atoms with Gasteiger partial charge in [0, 0.05) is 43.1 Å². The van der Waals surface area contributed by atoms with Gasteiger partial charge in [0.2, 0.25) is 37.9 Å². The van der Waals surface area contributed by atoms with E-state index < -0.39 is 26.0 Å². The Morgan fingerprint density at radius 2 is 1.00 bits per heavy atom. The molecule has 0 unspecified atom stereocenters. The molecular weight excluding hydrogens is 991 g/mol. The van der Waals surface area contributed by atoms with Crippen LogP contribution in [-0.2, 0) is 26.7 Å². The third-order valence-electron chi connectivity index (χ3n) is 13.2. The fourth-order valence-electron chi connectivity index (χ4n) is 9.13. The summed E-state index contributed by atoms with van der Waals surface area (Å²) < 4.78 is 55.9. The number of anilines is 4. The number of aromatic nitrogens is 6. The van der Waals surface area contributed by atoms with Gasteiger partial charge in [-0.25, -0.2) is 36.2 Å². The minimum Gasteiger partial charge on any atom is -0.392 e. The van der Waals surface area contributed by atoms with Crippen molar-refractivity contribution >= 4 is 71.3 Å². The molecule has 19 nitrogen and oxygen atoms in total. The lowest BCUT2D eigenvalue weighted by Crippen LogP contribution is -2.33. The number of rotatable bonds is 18. The number of hydrogen-bond donors (Lipinski definition) is 6. The van der Waals surface area contributed by atoms with Crippen molar-refractivity contribution in [2.24, 2.45) is 5.73 Å². The molecule has 8 aromatic rings. The zero-order valence-corrected chi connectivity index (χ0v) is 43.3. The number of carbonyl (C=O) groups is 1. The van der Waals surface area contributed by atoms with Gasteiger partial charge in [0.25, 0.3) is 0 Å². The van der Waals surface area contributed by atoms with Gasteiger partial charge < -0.3 is 31.3 Å². The average molecular weight is 1050 g/mol. The van der Waals surface area contributed by atoms with Gasteiger partial charge in [-0.15, -0.1) is 20.4 Å². The highest BCUT2D eigenvalue weighted by Crippen LogP contribution is 2.30. The number of aliphatic hydroxyl groups excluding tert-OH is 1. The number of carbonyl (C=O) groups excluding carboxylic acids is 1. The van der Waals surface area contributed by atoms with Crippen LogP contribution in [0.15, 0.2) is 131 Å². The second-order valence-electron chi connectivity index (χ2n) is 18.6.